The van der Waals surface area contributed by atoms with Gasteiger partial charge in [0.2, 0.25) is 0 Å². The Morgan fingerprint density at radius 3 is 2.41 bits per heavy atom. The van der Waals surface area contributed by atoms with Crippen molar-refractivity contribution in [1.29, 1.82) is 0 Å². The molecule has 1 fully saturated rings. The van der Waals surface area contributed by atoms with Crippen molar-refractivity contribution in [2.75, 3.05) is 14.1 Å². The van der Waals surface area contributed by atoms with Crippen LogP contribution in [0.3, 0.4) is 0 Å². The number of halogens is 1. The molecule has 34 heavy (non-hydrogen) atoms. The standard InChI is InChI=1S/C26H34ClN3O4/c1-14-11-15(2)29-25(32)20(14)13-28-24(31)19-12-21(27)23-22(16(19)3)33-26(4,34-23)17-7-9-18(10-8-17)30(5)6/h11-12,17-18H,7-10,13H2,1-6H3,(H,28,31)(H,29,32)/t17?,18?,26-/m1/s1. The third-order valence-electron chi connectivity index (χ3n) is 7.38. The SMILES string of the molecule is Cc1cc(C)c(CNC(=O)c2cc(Cl)c3c(c2C)O[C@@](C)(C2CCC(N(C)C)CC2)O3)c(=O)[nH]1. The number of benzene rings is 1. The summed E-state index contributed by atoms with van der Waals surface area (Å²) in [5.41, 5.74) is 3.05. The van der Waals surface area contributed by atoms with Crippen LogP contribution in [0.5, 0.6) is 11.5 Å². The van der Waals surface area contributed by atoms with Crippen molar-refractivity contribution in [3.05, 3.63) is 55.5 Å². The number of H-pyrrole nitrogens is 1. The number of fused-ring (bicyclic) bond motifs is 1. The second-order valence-corrected chi connectivity index (χ2v) is 10.4. The van der Waals surface area contributed by atoms with Gasteiger partial charge in [-0.25, -0.2) is 0 Å². The molecular formula is C26H34ClN3O4. The van der Waals surface area contributed by atoms with Gasteiger partial charge >= 0.3 is 0 Å². The van der Waals surface area contributed by atoms with E-state index in [4.69, 9.17) is 21.1 Å². The summed E-state index contributed by atoms with van der Waals surface area (Å²) in [4.78, 5) is 30.4. The van der Waals surface area contributed by atoms with Gasteiger partial charge in [0.05, 0.1) is 5.02 Å². The van der Waals surface area contributed by atoms with Crippen LogP contribution < -0.4 is 20.3 Å². The average molecular weight is 488 g/mol. The highest BCUT2D eigenvalue weighted by atomic mass is 35.5. The maximum Gasteiger partial charge on any atom is 0.253 e. The molecule has 1 amide bonds. The van der Waals surface area contributed by atoms with E-state index in [0.29, 0.717) is 39.3 Å². The zero-order valence-corrected chi connectivity index (χ0v) is 21.6. The van der Waals surface area contributed by atoms with E-state index in [1.54, 1.807) is 6.07 Å². The first kappa shape index (κ1) is 24.6. The molecule has 1 atom stereocenters. The minimum Gasteiger partial charge on any atom is -0.448 e. The lowest BCUT2D eigenvalue weighted by Gasteiger charge is -2.39. The fourth-order valence-corrected chi connectivity index (χ4v) is 5.46. The second kappa shape index (κ2) is 9.27. The van der Waals surface area contributed by atoms with Crippen molar-refractivity contribution < 1.29 is 14.3 Å². The molecular weight excluding hydrogens is 454 g/mol. The number of aryl methyl sites for hydroxylation is 2. The van der Waals surface area contributed by atoms with Gasteiger partial charge in [0.25, 0.3) is 17.3 Å². The van der Waals surface area contributed by atoms with E-state index in [1.165, 1.54) is 0 Å². The predicted octanol–water partition coefficient (Wildman–Crippen LogP) is 4.49. The zero-order valence-electron chi connectivity index (χ0n) is 20.8. The number of amides is 1. The summed E-state index contributed by atoms with van der Waals surface area (Å²) in [5, 5.41) is 3.20. The van der Waals surface area contributed by atoms with Crippen molar-refractivity contribution in [3.8, 4) is 11.5 Å². The number of carbonyl (C=O) groups excluding carboxylic acids is 1. The largest absolute Gasteiger partial charge is 0.448 e. The average Bonchev–Trinajstić information content (AvgIpc) is 3.15. The number of aromatic amines is 1. The van der Waals surface area contributed by atoms with E-state index >= 15 is 0 Å². The Morgan fingerprint density at radius 1 is 1.15 bits per heavy atom. The second-order valence-electron chi connectivity index (χ2n) is 10.0. The number of hydrogen-bond donors (Lipinski definition) is 2. The van der Waals surface area contributed by atoms with Crippen molar-refractivity contribution in [2.24, 2.45) is 5.92 Å². The lowest BCUT2D eigenvalue weighted by Crippen LogP contribution is -2.46. The van der Waals surface area contributed by atoms with Gasteiger partial charge in [-0.15, -0.1) is 0 Å². The van der Waals surface area contributed by atoms with Crippen molar-refractivity contribution in [2.45, 2.75) is 71.8 Å². The van der Waals surface area contributed by atoms with Crippen molar-refractivity contribution in [3.63, 3.8) is 0 Å². The molecule has 1 saturated carbocycles. The number of nitrogens with zero attached hydrogens (tertiary/aromatic N) is 1. The van der Waals surface area contributed by atoms with Crippen LogP contribution in [0.2, 0.25) is 5.02 Å². The molecule has 4 rings (SSSR count). The minimum atomic E-state index is -0.810. The van der Waals surface area contributed by atoms with Crippen LogP contribution in [0, 0.1) is 26.7 Å². The molecule has 0 spiro atoms. The highest BCUT2D eigenvalue weighted by Crippen LogP contribution is 2.51. The van der Waals surface area contributed by atoms with E-state index in [-0.39, 0.29) is 23.9 Å². The molecule has 2 heterocycles. The number of carbonyl (C=O) groups is 1. The van der Waals surface area contributed by atoms with Gasteiger partial charge in [0.15, 0.2) is 11.5 Å². The molecule has 1 aromatic heterocycles. The summed E-state index contributed by atoms with van der Waals surface area (Å²) >= 11 is 6.56. The first-order valence-corrected chi connectivity index (χ1v) is 12.2. The number of rotatable bonds is 5. The molecule has 0 bridgehead atoms. The third-order valence-corrected chi connectivity index (χ3v) is 7.66. The lowest BCUT2D eigenvalue weighted by molar-refractivity contribution is -0.123. The third kappa shape index (κ3) is 4.56. The van der Waals surface area contributed by atoms with Crippen molar-refractivity contribution >= 4 is 17.5 Å². The van der Waals surface area contributed by atoms with Crippen LogP contribution in [-0.2, 0) is 6.54 Å². The summed E-state index contributed by atoms with van der Waals surface area (Å²) in [7, 11) is 4.24. The number of hydrogen-bond acceptors (Lipinski definition) is 5. The highest BCUT2D eigenvalue weighted by molar-refractivity contribution is 6.33. The molecule has 0 radical (unpaired) electrons. The molecule has 0 unspecified atom stereocenters. The molecule has 2 aliphatic rings. The number of pyridine rings is 1. The molecule has 0 saturated heterocycles. The topological polar surface area (TPSA) is 83.7 Å². The molecule has 2 aromatic rings. The highest BCUT2D eigenvalue weighted by Gasteiger charge is 2.47. The fraction of sp³-hybridized carbons (Fsp3) is 0.538. The first-order valence-electron chi connectivity index (χ1n) is 11.8. The maximum absolute atomic E-state index is 13.1. The van der Waals surface area contributed by atoms with E-state index in [9.17, 15) is 9.59 Å². The smallest absolute Gasteiger partial charge is 0.253 e. The summed E-state index contributed by atoms with van der Waals surface area (Å²) < 4.78 is 12.7. The van der Waals surface area contributed by atoms with E-state index in [2.05, 4.69) is 29.3 Å². The summed E-state index contributed by atoms with van der Waals surface area (Å²) in [5.74, 6) is 0.137. The number of nitrogens with one attached hydrogen (secondary N) is 2. The molecule has 1 aliphatic carbocycles. The Bertz CT molecular complexity index is 1170. The Kier molecular flexibility index (Phi) is 6.71. The molecule has 7 nitrogen and oxygen atoms in total. The number of aromatic nitrogens is 1. The Labute approximate surface area is 205 Å². The van der Waals surface area contributed by atoms with Gasteiger partial charge in [-0.3, -0.25) is 9.59 Å². The minimum absolute atomic E-state index is 0.124. The Balaban J connectivity index is 1.52. The van der Waals surface area contributed by atoms with Gasteiger partial charge in [-0.1, -0.05) is 11.6 Å². The summed E-state index contributed by atoms with van der Waals surface area (Å²) in [6, 6.07) is 4.09. The molecule has 184 valence electrons. The van der Waals surface area contributed by atoms with Crippen LogP contribution >= 0.6 is 11.6 Å². The first-order chi connectivity index (χ1) is 16.0. The van der Waals surface area contributed by atoms with Gasteiger partial charge in [0.1, 0.15) is 0 Å². The monoisotopic (exact) mass is 487 g/mol. The van der Waals surface area contributed by atoms with Crippen LogP contribution in [0.4, 0.5) is 0 Å². The van der Waals surface area contributed by atoms with Gasteiger partial charge in [0, 0.05) is 47.8 Å². The van der Waals surface area contributed by atoms with Gasteiger partial charge in [-0.05, 0) is 78.2 Å². The summed E-state index contributed by atoms with van der Waals surface area (Å²) in [6.07, 6.45) is 4.19. The van der Waals surface area contributed by atoms with Crippen LogP contribution in [0.1, 0.15) is 65.3 Å². The predicted molar refractivity (Wildman–Crippen MR) is 133 cm³/mol. The molecule has 8 heteroatoms. The lowest BCUT2D eigenvalue weighted by atomic mass is 9.81. The van der Waals surface area contributed by atoms with Gasteiger partial charge < -0.3 is 24.7 Å². The van der Waals surface area contributed by atoms with E-state index < -0.39 is 5.79 Å². The maximum atomic E-state index is 13.1. The normalized spacial score (nSPS) is 23.9. The van der Waals surface area contributed by atoms with E-state index in [0.717, 1.165) is 36.9 Å². The Morgan fingerprint density at radius 2 is 1.79 bits per heavy atom. The van der Waals surface area contributed by atoms with Gasteiger partial charge in [-0.2, -0.15) is 0 Å². The Hall–Kier alpha value is -2.51. The van der Waals surface area contributed by atoms with Crippen LogP contribution in [0.15, 0.2) is 16.9 Å². The molecule has 1 aromatic carbocycles. The van der Waals surface area contributed by atoms with Crippen LogP contribution in [-0.4, -0.2) is 41.7 Å². The number of ether oxygens (including phenoxy) is 2. The molecule has 1 aliphatic heterocycles. The van der Waals surface area contributed by atoms with Crippen LogP contribution in [0.25, 0.3) is 0 Å². The van der Waals surface area contributed by atoms with Crippen molar-refractivity contribution in [1.82, 2.24) is 15.2 Å². The molecule has 2 N–H and O–H groups in total. The quantitative estimate of drug-likeness (QED) is 0.649. The fourth-order valence-electron chi connectivity index (χ4n) is 5.23. The zero-order chi connectivity index (χ0) is 24.8. The van der Waals surface area contributed by atoms with E-state index in [1.807, 2.05) is 33.8 Å². The summed E-state index contributed by atoms with van der Waals surface area (Å²) in [6.45, 7) is 7.62.